The average Bonchev–Trinajstić information content (AvgIpc) is 2.63. The highest BCUT2D eigenvalue weighted by Gasteiger charge is 2.56. The summed E-state index contributed by atoms with van der Waals surface area (Å²) in [4.78, 5) is 25.8. The lowest BCUT2D eigenvalue weighted by Crippen LogP contribution is -2.58. The van der Waals surface area contributed by atoms with E-state index in [9.17, 15) is 14.7 Å². The maximum atomic E-state index is 13.2. The molecular weight excluding hydrogens is 342 g/mol. The molecule has 0 radical (unpaired) electrons. The Hall–Kier alpha value is -1.10. The van der Waals surface area contributed by atoms with Crippen molar-refractivity contribution in [3.63, 3.8) is 0 Å². The minimum atomic E-state index is -1.13. The number of ether oxygens (including phenoxy) is 1. The van der Waals surface area contributed by atoms with E-state index in [1.165, 1.54) is 0 Å². The molecule has 5 heteroatoms. The lowest BCUT2D eigenvalue weighted by Gasteiger charge is -2.50. The van der Waals surface area contributed by atoms with Crippen LogP contribution in [0.1, 0.15) is 112 Å². The molecule has 0 heterocycles. The molecule has 0 aliphatic carbocycles. The summed E-state index contributed by atoms with van der Waals surface area (Å²) in [7, 11) is 0. The van der Waals surface area contributed by atoms with Crippen LogP contribution in [0.4, 0.5) is 0 Å². The summed E-state index contributed by atoms with van der Waals surface area (Å²) in [5.41, 5.74) is -2.10. The molecule has 0 aliphatic rings. The van der Waals surface area contributed by atoms with Gasteiger partial charge < -0.3 is 20.8 Å². The minimum absolute atomic E-state index is 0. The Balaban J connectivity index is 0. The number of aliphatic carboxylic acids is 1. The topological polar surface area (TPSA) is 103 Å². The largest absolute Gasteiger partial charge is 0.550 e. The van der Waals surface area contributed by atoms with Crippen LogP contribution in [-0.2, 0) is 14.3 Å². The highest BCUT2D eigenvalue weighted by atomic mass is 16.5. The number of unbranched alkanes of at least 4 members (excludes halogenated alkanes) is 4. The first kappa shape index (κ1) is 28.1. The first-order chi connectivity index (χ1) is 12.4. The van der Waals surface area contributed by atoms with Crippen molar-refractivity contribution in [2.45, 2.75) is 112 Å². The number of quaternary nitrogens is 1. The Labute approximate surface area is 167 Å². The van der Waals surface area contributed by atoms with Crippen LogP contribution in [0.25, 0.3) is 0 Å². The summed E-state index contributed by atoms with van der Waals surface area (Å²) < 4.78 is 5.49. The third-order valence-electron chi connectivity index (χ3n) is 5.80. The van der Waals surface area contributed by atoms with Gasteiger partial charge in [-0.25, -0.2) is 0 Å². The van der Waals surface area contributed by atoms with Gasteiger partial charge in [0.1, 0.15) is 0 Å². The predicted octanol–water partition coefficient (Wildman–Crippen LogP) is 5.41. The normalized spacial score (nSPS) is 11.7. The maximum Gasteiger partial charge on any atom is 0.313 e. The average molecular weight is 388 g/mol. The minimum Gasteiger partial charge on any atom is -0.550 e. The van der Waals surface area contributed by atoms with E-state index in [1.54, 1.807) is 6.92 Å². The van der Waals surface area contributed by atoms with Crippen molar-refractivity contribution >= 4 is 11.9 Å². The number of carboxylic acid groups (broad SMARTS) is 1. The van der Waals surface area contributed by atoms with Gasteiger partial charge in [0, 0.05) is 11.4 Å². The molecule has 0 fully saturated rings. The summed E-state index contributed by atoms with van der Waals surface area (Å²) in [6.45, 7) is 10.3. The van der Waals surface area contributed by atoms with Crippen LogP contribution >= 0.6 is 0 Å². The van der Waals surface area contributed by atoms with Crippen LogP contribution in [0.5, 0.6) is 0 Å². The molecule has 0 saturated carbocycles. The second kappa shape index (κ2) is 14.9. The first-order valence-corrected chi connectivity index (χ1v) is 10.8. The highest BCUT2D eigenvalue weighted by Crippen LogP contribution is 2.54. The number of esters is 1. The van der Waals surface area contributed by atoms with Crippen molar-refractivity contribution in [2.75, 3.05) is 6.61 Å². The molecule has 162 valence electrons. The van der Waals surface area contributed by atoms with E-state index >= 15 is 0 Å². The van der Waals surface area contributed by atoms with Crippen LogP contribution in [0, 0.1) is 10.8 Å². The highest BCUT2D eigenvalue weighted by molar-refractivity contribution is 5.87. The second-order valence-corrected chi connectivity index (χ2v) is 7.59. The van der Waals surface area contributed by atoms with E-state index < -0.39 is 16.8 Å². The lowest BCUT2D eigenvalue weighted by atomic mass is 9.55. The quantitative estimate of drug-likeness (QED) is 0.358. The summed E-state index contributed by atoms with van der Waals surface area (Å²) in [5, 5.41) is 12.6. The summed E-state index contributed by atoms with van der Waals surface area (Å²) in [6.07, 6.45) is 9.04. The van der Waals surface area contributed by atoms with Crippen molar-refractivity contribution in [2.24, 2.45) is 10.8 Å². The van der Waals surface area contributed by atoms with Crippen molar-refractivity contribution in [3.05, 3.63) is 0 Å². The van der Waals surface area contributed by atoms with Gasteiger partial charge in [0.25, 0.3) is 0 Å². The summed E-state index contributed by atoms with van der Waals surface area (Å²) >= 11 is 0. The van der Waals surface area contributed by atoms with E-state index in [0.717, 1.165) is 51.4 Å². The van der Waals surface area contributed by atoms with Gasteiger partial charge in [0.15, 0.2) is 0 Å². The Morgan fingerprint density at radius 1 is 0.704 bits per heavy atom. The molecule has 5 nitrogen and oxygen atoms in total. The van der Waals surface area contributed by atoms with Crippen molar-refractivity contribution in [3.8, 4) is 0 Å². The van der Waals surface area contributed by atoms with Gasteiger partial charge in [-0.2, -0.15) is 0 Å². The predicted molar refractivity (Wildman–Crippen MR) is 111 cm³/mol. The van der Waals surface area contributed by atoms with Crippen molar-refractivity contribution < 1.29 is 19.4 Å². The van der Waals surface area contributed by atoms with Gasteiger partial charge in [0.05, 0.1) is 12.0 Å². The van der Waals surface area contributed by atoms with Gasteiger partial charge >= 0.3 is 5.97 Å². The molecule has 27 heavy (non-hydrogen) atoms. The number of rotatable bonds is 16. The number of carbonyl (C=O) groups excluding carboxylic acids is 2. The zero-order chi connectivity index (χ0) is 20.1. The van der Waals surface area contributed by atoms with Crippen molar-refractivity contribution in [1.29, 1.82) is 0 Å². The molecule has 0 amide bonds. The lowest BCUT2D eigenvalue weighted by molar-refractivity contribution is -0.327. The third kappa shape index (κ3) is 7.10. The fourth-order valence-electron chi connectivity index (χ4n) is 4.19. The molecule has 0 atom stereocenters. The summed E-state index contributed by atoms with van der Waals surface area (Å²) in [6, 6.07) is 0. The monoisotopic (exact) mass is 387 g/mol. The molecule has 0 unspecified atom stereocenters. The number of hydrogen-bond donors (Lipinski definition) is 1. The fraction of sp³-hybridized carbons (Fsp3) is 0.909. The van der Waals surface area contributed by atoms with E-state index in [4.69, 9.17) is 4.74 Å². The van der Waals surface area contributed by atoms with E-state index in [1.807, 2.05) is 0 Å². The van der Waals surface area contributed by atoms with Crippen LogP contribution < -0.4 is 11.3 Å². The Bertz CT molecular complexity index is 393. The molecule has 0 spiro atoms. The van der Waals surface area contributed by atoms with Gasteiger partial charge in [-0.15, -0.1) is 0 Å². The summed E-state index contributed by atoms with van der Waals surface area (Å²) in [5.74, 6) is -1.38. The molecule has 0 aromatic rings. The molecule has 0 aromatic carbocycles. The van der Waals surface area contributed by atoms with Gasteiger partial charge in [0.2, 0.25) is 0 Å². The molecule has 0 aromatic heterocycles. The van der Waals surface area contributed by atoms with Crippen LogP contribution in [0.3, 0.4) is 0 Å². The zero-order valence-corrected chi connectivity index (χ0v) is 18.8. The molecule has 0 rings (SSSR count). The zero-order valence-electron chi connectivity index (χ0n) is 18.8. The van der Waals surface area contributed by atoms with Gasteiger partial charge in [-0.1, -0.05) is 79.1 Å². The Morgan fingerprint density at radius 2 is 1.04 bits per heavy atom. The van der Waals surface area contributed by atoms with Gasteiger partial charge in [-0.05, 0) is 32.6 Å². The second-order valence-electron chi connectivity index (χ2n) is 7.59. The van der Waals surface area contributed by atoms with E-state index in [2.05, 4.69) is 27.7 Å². The maximum absolute atomic E-state index is 13.2. The smallest absolute Gasteiger partial charge is 0.313 e. The fourth-order valence-corrected chi connectivity index (χ4v) is 4.19. The van der Waals surface area contributed by atoms with Crippen molar-refractivity contribution in [1.82, 2.24) is 6.15 Å². The van der Waals surface area contributed by atoms with Crippen LogP contribution in [0.2, 0.25) is 0 Å². The number of carboxylic acids is 1. The number of carbonyl (C=O) groups is 2. The van der Waals surface area contributed by atoms with Crippen LogP contribution in [-0.4, -0.2) is 18.5 Å². The van der Waals surface area contributed by atoms with Crippen LogP contribution in [0.15, 0.2) is 0 Å². The molecule has 0 aliphatic heterocycles. The molecule has 0 bridgehead atoms. The van der Waals surface area contributed by atoms with E-state index in [0.29, 0.717) is 25.7 Å². The molecule has 0 saturated heterocycles. The first-order valence-electron chi connectivity index (χ1n) is 10.8. The number of hydrogen-bond acceptors (Lipinski definition) is 4. The standard InChI is InChI=1S/C22H42O4.H3N/c1-6-11-15-21(19(23)24,16-12-7-2)22(17-13-8-3,18-14-9-4)20(25)26-10-5;/h6-18H2,1-5H3,(H,23,24);1H3. The molecule has 4 N–H and O–H groups in total. The Morgan fingerprint density at radius 3 is 1.30 bits per heavy atom. The Kier molecular flexibility index (Phi) is 15.5. The third-order valence-corrected chi connectivity index (χ3v) is 5.80. The SMILES string of the molecule is CCCCC(CCCC)(C(=O)[O-])C(CCCC)(CCCC)C(=O)OCC.[NH4+]. The molecular formula is C22H45NO4. The van der Waals surface area contributed by atoms with E-state index in [-0.39, 0.29) is 18.7 Å². The van der Waals surface area contributed by atoms with Gasteiger partial charge in [-0.3, -0.25) is 4.79 Å².